The van der Waals surface area contributed by atoms with Crippen LogP contribution in [0, 0.1) is 11.3 Å². The summed E-state index contributed by atoms with van der Waals surface area (Å²) in [5, 5.41) is 15.7. The molecular weight excluding hydrogens is 493 g/mol. The van der Waals surface area contributed by atoms with Gasteiger partial charge in [-0.2, -0.15) is 18.4 Å². The Bertz CT molecular complexity index is 1400. The quantitative estimate of drug-likeness (QED) is 0.331. The van der Waals surface area contributed by atoms with Gasteiger partial charge in [0.15, 0.2) is 6.23 Å². The molecule has 37 heavy (non-hydrogen) atoms. The average Bonchev–Trinajstić information content (AvgIpc) is 2.87. The smallest absolute Gasteiger partial charge is 0.490 e. The summed E-state index contributed by atoms with van der Waals surface area (Å²) in [6.07, 6.45) is -6.76. The van der Waals surface area contributed by atoms with E-state index in [0.29, 0.717) is 27.6 Å². The van der Waals surface area contributed by atoms with Crippen molar-refractivity contribution in [2.24, 2.45) is 0 Å². The number of hydrogen-bond donors (Lipinski definition) is 2. The lowest BCUT2D eigenvalue weighted by Gasteiger charge is -2.21. The Hall–Kier alpha value is -4.37. The van der Waals surface area contributed by atoms with E-state index in [2.05, 4.69) is 21.4 Å². The maximum Gasteiger partial charge on any atom is 0.490 e. The molecule has 9 nitrogen and oxygen atoms in total. The molecule has 0 saturated carbocycles. The molecule has 1 amide bonds. The number of hydrogen-bond acceptors (Lipinski definition) is 7. The topological polar surface area (TPSA) is 122 Å². The number of alkyl halides is 3. The van der Waals surface area contributed by atoms with E-state index in [1.807, 2.05) is 0 Å². The molecule has 12 heteroatoms. The van der Waals surface area contributed by atoms with Crippen LogP contribution in [-0.4, -0.2) is 49.0 Å². The number of rotatable bonds is 9. The van der Waals surface area contributed by atoms with Gasteiger partial charge in [0.1, 0.15) is 17.5 Å². The molecular formula is C25H23F3N4O5. The number of nitrogens with one attached hydrogen (secondary N) is 2. The third-order valence-electron chi connectivity index (χ3n) is 5.37. The lowest BCUT2D eigenvalue weighted by atomic mass is 9.97. The molecule has 0 aliphatic rings. The number of carbonyl (C=O) groups excluding carboxylic acids is 2. The van der Waals surface area contributed by atoms with Gasteiger partial charge in [0, 0.05) is 36.3 Å². The SMILES string of the molecule is COc1ccc2c(=O)n(CCNC(CNC(C)=O)OC(=O)C(F)(F)F)c(C#N)c(-c3ccccc3)c2c1. The molecule has 194 valence electrons. The van der Waals surface area contributed by atoms with Crippen LogP contribution in [0.2, 0.25) is 0 Å². The van der Waals surface area contributed by atoms with Crippen molar-refractivity contribution in [3.05, 3.63) is 64.6 Å². The molecule has 1 atom stereocenters. The molecule has 1 unspecified atom stereocenters. The van der Waals surface area contributed by atoms with Gasteiger partial charge in [0.05, 0.1) is 13.7 Å². The predicted molar refractivity (Wildman–Crippen MR) is 128 cm³/mol. The number of benzene rings is 2. The second-order valence-electron chi connectivity index (χ2n) is 7.85. The Labute approximate surface area is 209 Å². The summed E-state index contributed by atoms with van der Waals surface area (Å²) in [5.41, 5.74) is 0.683. The number of carbonyl (C=O) groups is 2. The number of fused-ring (bicyclic) bond motifs is 1. The summed E-state index contributed by atoms with van der Waals surface area (Å²) < 4.78 is 48.9. The van der Waals surface area contributed by atoms with Crippen molar-refractivity contribution in [1.29, 1.82) is 5.26 Å². The van der Waals surface area contributed by atoms with E-state index in [1.54, 1.807) is 48.5 Å². The average molecular weight is 516 g/mol. The van der Waals surface area contributed by atoms with Gasteiger partial charge in [0.25, 0.3) is 5.56 Å². The minimum atomic E-state index is -5.23. The molecule has 0 spiro atoms. The molecule has 3 rings (SSSR count). The number of nitrogens with zero attached hydrogens (tertiary/aromatic N) is 2. The van der Waals surface area contributed by atoms with Gasteiger partial charge < -0.3 is 14.8 Å². The highest BCUT2D eigenvalue weighted by molar-refractivity contribution is 5.99. The number of halogens is 3. The zero-order valence-electron chi connectivity index (χ0n) is 19.9. The molecule has 0 aliphatic heterocycles. The number of ether oxygens (including phenoxy) is 2. The van der Waals surface area contributed by atoms with Crippen LogP contribution in [0.4, 0.5) is 13.2 Å². The maximum atomic E-state index is 13.3. The lowest BCUT2D eigenvalue weighted by Crippen LogP contribution is -2.46. The highest BCUT2D eigenvalue weighted by Gasteiger charge is 2.42. The molecule has 1 aromatic heterocycles. The van der Waals surface area contributed by atoms with Crippen molar-refractivity contribution < 1.29 is 32.2 Å². The monoisotopic (exact) mass is 516 g/mol. The fourth-order valence-corrected chi connectivity index (χ4v) is 3.71. The van der Waals surface area contributed by atoms with Gasteiger partial charge in [-0.25, -0.2) is 4.79 Å². The first-order chi connectivity index (χ1) is 17.6. The van der Waals surface area contributed by atoms with Crippen molar-refractivity contribution >= 4 is 22.6 Å². The van der Waals surface area contributed by atoms with Crippen molar-refractivity contribution in [3.63, 3.8) is 0 Å². The van der Waals surface area contributed by atoms with Gasteiger partial charge in [-0.15, -0.1) is 0 Å². The summed E-state index contributed by atoms with van der Waals surface area (Å²) in [5.74, 6) is -2.49. The van der Waals surface area contributed by atoms with Gasteiger partial charge in [-0.1, -0.05) is 30.3 Å². The van der Waals surface area contributed by atoms with Crippen LogP contribution in [0.25, 0.3) is 21.9 Å². The first-order valence-corrected chi connectivity index (χ1v) is 11.0. The zero-order chi connectivity index (χ0) is 27.2. The van der Waals surface area contributed by atoms with Crippen LogP contribution >= 0.6 is 0 Å². The van der Waals surface area contributed by atoms with E-state index in [9.17, 15) is 32.8 Å². The van der Waals surface area contributed by atoms with Gasteiger partial charge in [-0.3, -0.25) is 19.5 Å². The molecule has 1 heterocycles. The predicted octanol–water partition coefficient (Wildman–Crippen LogP) is 2.71. The molecule has 0 radical (unpaired) electrons. The second-order valence-corrected chi connectivity index (χ2v) is 7.85. The maximum absolute atomic E-state index is 13.3. The number of amides is 1. The molecule has 0 saturated heterocycles. The van der Waals surface area contributed by atoms with E-state index in [-0.39, 0.29) is 18.8 Å². The van der Waals surface area contributed by atoms with Crippen LogP contribution < -0.4 is 20.9 Å². The second kappa shape index (κ2) is 11.6. The third-order valence-corrected chi connectivity index (χ3v) is 5.37. The van der Waals surface area contributed by atoms with Crippen LogP contribution in [0.5, 0.6) is 5.75 Å². The molecule has 2 aromatic carbocycles. The summed E-state index contributed by atoms with van der Waals surface area (Å²) in [4.78, 5) is 35.8. The van der Waals surface area contributed by atoms with Crippen molar-refractivity contribution in [2.45, 2.75) is 25.9 Å². The Morgan fingerprint density at radius 2 is 1.84 bits per heavy atom. The standard InChI is InChI=1S/C25H23F3N4O5/c1-15(33)31-14-21(37-24(35)25(26,27)28)30-10-11-32-20(13-29)22(16-6-4-3-5-7-16)19-12-17(36-2)8-9-18(19)23(32)34/h3-9,12,21,30H,10-11,14H2,1-2H3,(H,31,33). The van der Waals surface area contributed by atoms with Crippen molar-refractivity contribution in [1.82, 2.24) is 15.2 Å². The Kier molecular flexibility index (Phi) is 8.52. The van der Waals surface area contributed by atoms with E-state index in [4.69, 9.17) is 4.74 Å². The van der Waals surface area contributed by atoms with Crippen molar-refractivity contribution in [3.8, 4) is 22.9 Å². The molecule has 0 fully saturated rings. The summed E-state index contributed by atoms with van der Waals surface area (Å²) in [6, 6.07) is 15.8. The van der Waals surface area contributed by atoms with Crippen molar-refractivity contribution in [2.75, 3.05) is 20.2 Å². The van der Waals surface area contributed by atoms with E-state index < -0.39 is 36.4 Å². The fraction of sp³-hybridized carbons (Fsp3) is 0.280. The van der Waals surface area contributed by atoms with Crippen LogP contribution in [0.3, 0.4) is 0 Å². The summed E-state index contributed by atoms with van der Waals surface area (Å²) >= 11 is 0. The number of methoxy groups -OCH3 is 1. The van der Waals surface area contributed by atoms with Gasteiger partial charge >= 0.3 is 12.1 Å². The van der Waals surface area contributed by atoms with E-state index in [1.165, 1.54) is 11.7 Å². The molecule has 0 aliphatic carbocycles. The summed E-state index contributed by atoms with van der Waals surface area (Å²) in [6.45, 7) is 0.393. The highest BCUT2D eigenvalue weighted by Crippen LogP contribution is 2.32. The van der Waals surface area contributed by atoms with Gasteiger partial charge in [-0.05, 0) is 23.8 Å². The number of nitriles is 1. The lowest BCUT2D eigenvalue weighted by molar-refractivity contribution is -0.206. The van der Waals surface area contributed by atoms with Gasteiger partial charge in [0.2, 0.25) is 5.91 Å². The summed E-state index contributed by atoms with van der Waals surface area (Å²) in [7, 11) is 1.48. The normalized spacial score (nSPS) is 12.0. The minimum absolute atomic E-state index is 0.0319. The molecule has 0 bridgehead atoms. The molecule has 3 aromatic rings. The zero-order valence-corrected chi connectivity index (χ0v) is 19.9. The highest BCUT2D eigenvalue weighted by atomic mass is 19.4. The van der Waals surface area contributed by atoms with Crippen LogP contribution in [-0.2, 0) is 20.9 Å². The Balaban J connectivity index is 2.00. The largest absolute Gasteiger partial charge is 0.497 e. The Morgan fingerprint density at radius 3 is 2.43 bits per heavy atom. The number of esters is 1. The fourth-order valence-electron chi connectivity index (χ4n) is 3.71. The van der Waals surface area contributed by atoms with Crippen LogP contribution in [0.15, 0.2) is 53.3 Å². The first kappa shape index (κ1) is 27.2. The van der Waals surface area contributed by atoms with E-state index in [0.717, 1.165) is 6.92 Å². The molecule has 2 N–H and O–H groups in total. The first-order valence-electron chi connectivity index (χ1n) is 11.0. The Morgan fingerprint density at radius 1 is 1.14 bits per heavy atom. The van der Waals surface area contributed by atoms with Crippen LogP contribution in [0.1, 0.15) is 12.6 Å². The number of aromatic nitrogens is 1. The minimum Gasteiger partial charge on any atom is -0.497 e. The third kappa shape index (κ3) is 6.45. The number of pyridine rings is 1. The van der Waals surface area contributed by atoms with E-state index >= 15 is 0 Å².